The summed E-state index contributed by atoms with van der Waals surface area (Å²) < 4.78 is 5.55. The topological polar surface area (TPSA) is 83.6 Å². The van der Waals surface area contributed by atoms with E-state index < -0.39 is 5.97 Å². The van der Waals surface area contributed by atoms with Crippen LogP contribution in [0, 0.1) is 6.92 Å². The van der Waals surface area contributed by atoms with Crippen molar-refractivity contribution in [1.29, 1.82) is 0 Å². The van der Waals surface area contributed by atoms with Crippen LogP contribution in [-0.2, 0) is 0 Å². The van der Waals surface area contributed by atoms with Crippen LogP contribution in [-0.4, -0.2) is 23.1 Å². The van der Waals surface area contributed by atoms with Gasteiger partial charge in [0.05, 0.1) is 11.8 Å². The number of ether oxygens (including phenoxy) is 1. The molecule has 6 nitrogen and oxygen atoms in total. The minimum Gasteiger partial charge on any atom is -0.422 e. The van der Waals surface area contributed by atoms with Crippen LogP contribution in [0.3, 0.4) is 0 Å². The Morgan fingerprint density at radius 2 is 1.56 bits per heavy atom. The van der Waals surface area contributed by atoms with Crippen molar-refractivity contribution in [3.8, 4) is 16.9 Å². The molecule has 1 aromatic heterocycles. The first kappa shape index (κ1) is 22.8. The number of nitrogens with zero attached hydrogens (tertiary/aromatic N) is 1. The molecule has 4 aromatic carbocycles. The van der Waals surface area contributed by atoms with E-state index in [1.165, 1.54) is 6.21 Å². The number of aromatic amines is 1. The molecule has 5 aromatic rings. The number of aromatic nitrogens is 1. The average Bonchev–Trinajstić information content (AvgIpc) is 3.29. The smallest absolute Gasteiger partial charge is 0.343 e. The molecule has 0 atom stereocenters. The van der Waals surface area contributed by atoms with E-state index in [2.05, 4.69) is 21.6 Å². The first-order valence-electron chi connectivity index (χ1n) is 11.5. The van der Waals surface area contributed by atoms with Gasteiger partial charge in [0.25, 0.3) is 5.91 Å². The van der Waals surface area contributed by atoms with E-state index in [9.17, 15) is 9.59 Å². The summed E-state index contributed by atoms with van der Waals surface area (Å²) >= 11 is 0. The fourth-order valence-electron chi connectivity index (χ4n) is 4.01. The van der Waals surface area contributed by atoms with Crippen molar-refractivity contribution in [2.24, 2.45) is 5.10 Å². The maximum atomic E-state index is 13.2. The zero-order chi connectivity index (χ0) is 24.9. The fourth-order valence-corrected chi connectivity index (χ4v) is 4.01. The number of benzene rings is 4. The molecule has 1 heterocycles. The van der Waals surface area contributed by atoms with E-state index in [-0.39, 0.29) is 5.91 Å². The van der Waals surface area contributed by atoms with Crippen LogP contribution < -0.4 is 10.2 Å². The van der Waals surface area contributed by atoms with Crippen LogP contribution in [0.2, 0.25) is 0 Å². The minimum absolute atomic E-state index is 0.343. The second-order valence-corrected chi connectivity index (χ2v) is 8.28. The summed E-state index contributed by atoms with van der Waals surface area (Å²) in [5, 5.41) is 5.11. The standard InChI is InChI=1S/C30H23N3O3/c1-20-16-17-25-24(18-20)27(21-10-4-2-5-11-21)28(32-25)29(34)33-31-19-23-14-8-9-15-26(23)36-30(35)22-12-6-3-7-13-22/h2-19,32H,1H3,(H,33,34). The van der Waals surface area contributed by atoms with Crippen LogP contribution in [0.5, 0.6) is 5.75 Å². The molecule has 176 valence electrons. The number of hydrazone groups is 1. The summed E-state index contributed by atoms with van der Waals surface area (Å²) in [5.41, 5.74) is 7.74. The lowest BCUT2D eigenvalue weighted by Gasteiger charge is -2.07. The molecule has 6 heteroatoms. The van der Waals surface area contributed by atoms with E-state index in [1.807, 2.05) is 55.5 Å². The number of aryl methyl sites for hydroxylation is 1. The Morgan fingerprint density at radius 1 is 0.861 bits per heavy atom. The fraction of sp³-hybridized carbons (Fsp3) is 0.0333. The highest BCUT2D eigenvalue weighted by Crippen LogP contribution is 2.33. The molecule has 0 bridgehead atoms. The van der Waals surface area contributed by atoms with Gasteiger partial charge in [0.1, 0.15) is 11.4 Å². The lowest BCUT2D eigenvalue weighted by atomic mass is 10.0. The van der Waals surface area contributed by atoms with Gasteiger partial charge in [-0.3, -0.25) is 4.79 Å². The van der Waals surface area contributed by atoms with Gasteiger partial charge in [-0.1, -0.05) is 72.3 Å². The van der Waals surface area contributed by atoms with Crippen molar-refractivity contribution in [3.05, 3.63) is 126 Å². The number of amides is 1. The van der Waals surface area contributed by atoms with Gasteiger partial charge < -0.3 is 9.72 Å². The molecule has 0 spiro atoms. The monoisotopic (exact) mass is 473 g/mol. The molecule has 1 amide bonds. The highest BCUT2D eigenvalue weighted by atomic mass is 16.5. The van der Waals surface area contributed by atoms with E-state index in [0.717, 1.165) is 27.6 Å². The first-order valence-corrected chi connectivity index (χ1v) is 11.5. The van der Waals surface area contributed by atoms with Crippen molar-refractivity contribution in [2.45, 2.75) is 6.92 Å². The Bertz CT molecular complexity index is 1570. The summed E-state index contributed by atoms with van der Waals surface area (Å²) in [6.45, 7) is 2.02. The molecule has 36 heavy (non-hydrogen) atoms. The van der Waals surface area contributed by atoms with E-state index >= 15 is 0 Å². The number of hydrogen-bond donors (Lipinski definition) is 2. The van der Waals surface area contributed by atoms with Gasteiger partial charge in [-0.25, -0.2) is 10.2 Å². The summed E-state index contributed by atoms with van der Waals surface area (Å²) in [4.78, 5) is 28.9. The molecule has 0 aliphatic rings. The maximum Gasteiger partial charge on any atom is 0.343 e. The molecule has 0 unspecified atom stereocenters. The predicted octanol–water partition coefficient (Wildman–Crippen LogP) is 6.13. The second kappa shape index (κ2) is 10.1. The molecule has 0 aliphatic heterocycles. The Morgan fingerprint density at radius 3 is 2.33 bits per heavy atom. The zero-order valence-corrected chi connectivity index (χ0v) is 19.6. The molecule has 2 N–H and O–H groups in total. The van der Waals surface area contributed by atoms with E-state index in [4.69, 9.17) is 4.74 Å². The van der Waals surface area contributed by atoms with Crippen LogP contribution in [0.25, 0.3) is 22.0 Å². The molecule has 0 radical (unpaired) electrons. The van der Waals surface area contributed by atoms with E-state index in [1.54, 1.807) is 48.5 Å². The van der Waals surface area contributed by atoms with Gasteiger partial charge in [-0.2, -0.15) is 5.10 Å². The third-order valence-corrected chi connectivity index (χ3v) is 5.74. The van der Waals surface area contributed by atoms with Gasteiger partial charge in [0.2, 0.25) is 0 Å². The molecule has 5 rings (SSSR count). The lowest BCUT2D eigenvalue weighted by molar-refractivity contribution is 0.0734. The second-order valence-electron chi connectivity index (χ2n) is 8.28. The Balaban J connectivity index is 1.40. The van der Waals surface area contributed by atoms with Crippen molar-refractivity contribution in [1.82, 2.24) is 10.4 Å². The first-order chi connectivity index (χ1) is 17.6. The average molecular weight is 474 g/mol. The predicted molar refractivity (Wildman–Crippen MR) is 141 cm³/mol. The lowest BCUT2D eigenvalue weighted by Crippen LogP contribution is -2.19. The molecule has 0 saturated carbocycles. The number of H-pyrrole nitrogens is 1. The van der Waals surface area contributed by atoms with Gasteiger partial charge in [0.15, 0.2) is 0 Å². The van der Waals surface area contributed by atoms with Crippen LogP contribution in [0.15, 0.2) is 108 Å². The minimum atomic E-state index is -0.471. The molecular formula is C30H23N3O3. The Kier molecular flexibility index (Phi) is 6.40. The van der Waals surface area contributed by atoms with Crippen molar-refractivity contribution >= 4 is 29.0 Å². The number of fused-ring (bicyclic) bond motifs is 1. The third-order valence-electron chi connectivity index (χ3n) is 5.74. The van der Waals surface area contributed by atoms with Gasteiger partial charge >= 0.3 is 5.97 Å². The van der Waals surface area contributed by atoms with Crippen molar-refractivity contribution < 1.29 is 14.3 Å². The number of nitrogens with one attached hydrogen (secondary N) is 2. The summed E-state index contributed by atoms with van der Waals surface area (Å²) in [6.07, 6.45) is 1.46. The molecule has 0 saturated heterocycles. The van der Waals surface area contributed by atoms with Gasteiger partial charge in [-0.15, -0.1) is 0 Å². The van der Waals surface area contributed by atoms with Crippen molar-refractivity contribution in [2.75, 3.05) is 0 Å². The third kappa shape index (κ3) is 4.79. The van der Waals surface area contributed by atoms with Crippen LogP contribution >= 0.6 is 0 Å². The zero-order valence-electron chi connectivity index (χ0n) is 19.6. The van der Waals surface area contributed by atoms with Gasteiger partial charge in [-0.05, 0) is 48.9 Å². The summed E-state index contributed by atoms with van der Waals surface area (Å²) in [6, 6.07) is 31.6. The quantitative estimate of drug-likeness (QED) is 0.135. The maximum absolute atomic E-state index is 13.2. The SMILES string of the molecule is Cc1ccc2[nH]c(C(=O)NN=Cc3ccccc3OC(=O)c3ccccc3)c(-c3ccccc3)c2c1. The molecule has 0 fully saturated rings. The van der Waals surface area contributed by atoms with Crippen molar-refractivity contribution in [3.63, 3.8) is 0 Å². The number of carbonyl (C=O) groups excluding carboxylic acids is 2. The Hall–Kier alpha value is -4.97. The number of carbonyl (C=O) groups is 2. The number of rotatable bonds is 6. The van der Waals surface area contributed by atoms with Crippen LogP contribution in [0.1, 0.15) is 32.0 Å². The largest absolute Gasteiger partial charge is 0.422 e. The molecular weight excluding hydrogens is 450 g/mol. The summed E-state index contributed by atoms with van der Waals surface area (Å²) in [7, 11) is 0. The highest BCUT2D eigenvalue weighted by Gasteiger charge is 2.19. The van der Waals surface area contributed by atoms with E-state index in [0.29, 0.717) is 22.6 Å². The highest BCUT2D eigenvalue weighted by molar-refractivity contribution is 6.10. The van der Waals surface area contributed by atoms with Crippen LogP contribution in [0.4, 0.5) is 0 Å². The number of esters is 1. The normalized spacial score (nSPS) is 11.0. The molecule has 0 aliphatic carbocycles. The summed E-state index contributed by atoms with van der Waals surface area (Å²) in [5.74, 6) is -0.505. The number of para-hydroxylation sites is 1. The Labute approximate surface area is 208 Å². The number of hydrogen-bond acceptors (Lipinski definition) is 4. The van der Waals surface area contributed by atoms with Gasteiger partial charge in [0, 0.05) is 22.0 Å².